The highest BCUT2D eigenvalue weighted by molar-refractivity contribution is 5.95. The Hall–Kier alpha value is -2.12. The van der Waals surface area contributed by atoms with Crippen LogP contribution in [0.5, 0.6) is 0 Å². The second kappa shape index (κ2) is 6.11. The molecule has 1 aromatic rings. The highest BCUT2D eigenvalue weighted by Crippen LogP contribution is 2.28. The van der Waals surface area contributed by atoms with Crippen molar-refractivity contribution in [3.05, 3.63) is 29.1 Å². The zero-order valence-corrected chi connectivity index (χ0v) is 11.7. The third-order valence-corrected chi connectivity index (χ3v) is 3.12. The number of alkyl halides is 3. The SMILES string of the molecule is Cc1nc(C(F)(F)F)ccc1C(=O)NC(C)C(C)C(=O)O. The van der Waals surface area contributed by atoms with Gasteiger partial charge < -0.3 is 10.4 Å². The molecule has 0 aromatic carbocycles. The summed E-state index contributed by atoms with van der Waals surface area (Å²) in [6.45, 7) is 4.21. The molecule has 0 saturated carbocycles. The number of amides is 1. The number of rotatable bonds is 4. The number of nitrogens with zero attached hydrogens (tertiary/aromatic N) is 1. The van der Waals surface area contributed by atoms with E-state index in [2.05, 4.69) is 10.3 Å². The van der Waals surface area contributed by atoms with Gasteiger partial charge in [-0.2, -0.15) is 13.2 Å². The van der Waals surface area contributed by atoms with Gasteiger partial charge in [0.25, 0.3) is 5.91 Å². The molecule has 1 aromatic heterocycles. The van der Waals surface area contributed by atoms with Crippen LogP contribution in [0.15, 0.2) is 12.1 Å². The highest BCUT2D eigenvalue weighted by Gasteiger charge is 2.33. The Morgan fingerprint density at radius 1 is 1.29 bits per heavy atom. The number of aryl methyl sites for hydroxylation is 1. The van der Waals surface area contributed by atoms with Crippen LogP contribution in [0.25, 0.3) is 0 Å². The van der Waals surface area contributed by atoms with E-state index >= 15 is 0 Å². The number of carboxylic acids is 1. The molecular weight excluding hydrogens is 289 g/mol. The summed E-state index contributed by atoms with van der Waals surface area (Å²) in [6.07, 6.45) is -4.58. The summed E-state index contributed by atoms with van der Waals surface area (Å²) >= 11 is 0. The molecule has 0 fully saturated rings. The minimum absolute atomic E-state index is 0.0209. The van der Waals surface area contributed by atoms with Gasteiger partial charge in [-0.15, -0.1) is 0 Å². The summed E-state index contributed by atoms with van der Waals surface area (Å²) in [5, 5.41) is 11.3. The Morgan fingerprint density at radius 3 is 2.29 bits per heavy atom. The number of nitrogens with one attached hydrogen (secondary N) is 1. The number of carbonyl (C=O) groups excluding carboxylic acids is 1. The summed E-state index contributed by atoms with van der Waals surface area (Å²) in [5.74, 6) is -2.56. The van der Waals surface area contributed by atoms with Crippen LogP contribution in [0.3, 0.4) is 0 Å². The van der Waals surface area contributed by atoms with Crippen molar-refractivity contribution in [2.24, 2.45) is 5.92 Å². The lowest BCUT2D eigenvalue weighted by molar-refractivity contribution is -0.142. The van der Waals surface area contributed by atoms with Gasteiger partial charge in [-0.3, -0.25) is 9.59 Å². The molecule has 1 heterocycles. The lowest BCUT2D eigenvalue weighted by atomic mass is 10.0. The van der Waals surface area contributed by atoms with E-state index in [1.807, 2.05) is 0 Å². The minimum atomic E-state index is -4.58. The van der Waals surface area contributed by atoms with Crippen molar-refractivity contribution in [1.29, 1.82) is 0 Å². The third kappa shape index (κ3) is 4.17. The fourth-order valence-corrected chi connectivity index (χ4v) is 1.58. The van der Waals surface area contributed by atoms with E-state index < -0.39 is 35.7 Å². The molecular formula is C13H15F3N2O3. The number of carboxylic acid groups (broad SMARTS) is 1. The first-order chi connectivity index (χ1) is 9.54. The van der Waals surface area contributed by atoms with E-state index in [1.54, 1.807) is 0 Å². The predicted molar refractivity (Wildman–Crippen MR) is 67.7 cm³/mol. The standard InChI is InChI=1S/C13H15F3N2O3/c1-6(12(20)21)7(2)18-11(19)9-4-5-10(13(14,15)16)17-8(9)3/h4-7H,1-3H3,(H,18,19)(H,20,21). The highest BCUT2D eigenvalue weighted by atomic mass is 19.4. The smallest absolute Gasteiger partial charge is 0.433 e. The molecule has 2 unspecified atom stereocenters. The lowest BCUT2D eigenvalue weighted by Crippen LogP contribution is -2.40. The van der Waals surface area contributed by atoms with Gasteiger partial charge in [0.1, 0.15) is 5.69 Å². The summed E-state index contributed by atoms with van der Waals surface area (Å²) in [4.78, 5) is 26.1. The quantitative estimate of drug-likeness (QED) is 0.894. The van der Waals surface area contributed by atoms with Crippen LogP contribution in [0.2, 0.25) is 0 Å². The number of aliphatic carboxylic acids is 1. The maximum absolute atomic E-state index is 12.5. The van der Waals surface area contributed by atoms with Gasteiger partial charge in [0.2, 0.25) is 0 Å². The number of pyridine rings is 1. The number of carbonyl (C=O) groups is 2. The van der Waals surface area contributed by atoms with Gasteiger partial charge in [-0.1, -0.05) is 0 Å². The molecule has 0 aliphatic carbocycles. The summed E-state index contributed by atoms with van der Waals surface area (Å²) in [6, 6.07) is 1.07. The van der Waals surface area contributed by atoms with E-state index in [-0.39, 0.29) is 11.3 Å². The summed E-state index contributed by atoms with van der Waals surface area (Å²) in [5.41, 5.74) is -1.17. The zero-order chi connectivity index (χ0) is 16.4. The maximum atomic E-state index is 12.5. The van der Waals surface area contributed by atoms with E-state index in [1.165, 1.54) is 20.8 Å². The van der Waals surface area contributed by atoms with Crippen molar-refractivity contribution in [3.63, 3.8) is 0 Å². The molecule has 5 nitrogen and oxygen atoms in total. The maximum Gasteiger partial charge on any atom is 0.433 e. The molecule has 0 aliphatic heterocycles. The van der Waals surface area contributed by atoms with E-state index in [9.17, 15) is 22.8 Å². The van der Waals surface area contributed by atoms with Crippen molar-refractivity contribution >= 4 is 11.9 Å². The number of hydrogen-bond acceptors (Lipinski definition) is 3. The first kappa shape index (κ1) is 16.9. The summed E-state index contributed by atoms with van der Waals surface area (Å²) < 4.78 is 37.4. The molecule has 0 saturated heterocycles. The van der Waals surface area contributed by atoms with Gasteiger partial charge in [0.15, 0.2) is 0 Å². The second-order valence-corrected chi connectivity index (χ2v) is 4.72. The van der Waals surface area contributed by atoms with E-state index in [4.69, 9.17) is 5.11 Å². The molecule has 116 valence electrons. The largest absolute Gasteiger partial charge is 0.481 e. The number of aromatic nitrogens is 1. The Labute approximate surface area is 119 Å². The topological polar surface area (TPSA) is 79.3 Å². The number of halogens is 3. The summed E-state index contributed by atoms with van der Waals surface area (Å²) in [7, 11) is 0. The monoisotopic (exact) mass is 304 g/mol. The van der Waals surface area contributed by atoms with Crippen LogP contribution in [-0.2, 0) is 11.0 Å². The zero-order valence-electron chi connectivity index (χ0n) is 11.7. The molecule has 0 radical (unpaired) electrons. The normalized spacial score (nSPS) is 14.4. The van der Waals surface area contributed by atoms with Crippen molar-refractivity contribution < 1.29 is 27.9 Å². The fraction of sp³-hybridized carbons (Fsp3) is 0.462. The third-order valence-electron chi connectivity index (χ3n) is 3.12. The lowest BCUT2D eigenvalue weighted by Gasteiger charge is -2.18. The molecule has 2 atom stereocenters. The average Bonchev–Trinajstić information content (AvgIpc) is 2.36. The fourth-order valence-electron chi connectivity index (χ4n) is 1.58. The molecule has 0 bridgehead atoms. The van der Waals surface area contributed by atoms with Crippen LogP contribution in [0, 0.1) is 12.8 Å². The van der Waals surface area contributed by atoms with Crippen molar-refractivity contribution in [3.8, 4) is 0 Å². The van der Waals surface area contributed by atoms with Gasteiger partial charge >= 0.3 is 12.1 Å². The minimum Gasteiger partial charge on any atom is -0.481 e. The Bertz CT molecular complexity index is 558. The Balaban J connectivity index is 2.92. The van der Waals surface area contributed by atoms with Gasteiger partial charge in [-0.25, -0.2) is 4.98 Å². The molecule has 0 aliphatic rings. The molecule has 0 spiro atoms. The number of hydrogen-bond donors (Lipinski definition) is 2. The van der Waals surface area contributed by atoms with Crippen LogP contribution >= 0.6 is 0 Å². The van der Waals surface area contributed by atoms with Crippen LogP contribution in [0.1, 0.15) is 35.6 Å². The molecule has 21 heavy (non-hydrogen) atoms. The molecule has 1 amide bonds. The van der Waals surface area contributed by atoms with Crippen molar-refractivity contribution in [2.75, 3.05) is 0 Å². The first-order valence-corrected chi connectivity index (χ1v) is 6.12. The average molecular weight is 304 g/mol. The Kier molecular flexibility index (Phi) is 4.93. The predicted octanol–water partition coefficient (Wildman–Crippen LogP) is 2.25. The van der Waals surface area contributed by atoms with Gasteiger partial charge in [-0.05, 0) is 32.9 Å². The second-order valence-electron chi connectivity index (χ2n) is 4.72. The molecule has 1 rings (SSSR count). The van der Waals surface area contributed by atoms with Crippen molar-refractivity contribution in [2.45, 2.75) is 33.0 Å². The van der Waals surface area contributed by atoms with Crippen molar-refractivity contribution in [1.82, 2.24) is 10.3 Å². The van der Waals surface area contributed by atoms with E-state index in [0.29, 0.717) is 6.07 Å². The first-order valence-electron chi connectivity index (χ1n) is 6.12. The van der Waals surface area contributed by atoms with Crippen LogP contribution < -0.4 is 5.32 Å². The molecule has 8 heteroatoms. The van der Waals surface area contributed by atoms with E-state index in [0.717, 1.165) is 6.07 Å². The molecule has 2 N–H and O–H groups in total. The van der Waals surface area contributed by atoms with Gasteiger partial charge in [0.05, 0.1) is 17.2 Å². The van der Waals surface area contributed by atoms with Gasteiger partial charge in [0, 0.05) is 6.04 Å². The Morgan fingerprint density at radius 2 is 1.86 bits per heavy atom. The van der Waals surface area contributed by atoms with Crippen LogP contribution in [-0.4, -0.2) is 28.0 Å². The van der Waals surface area contributed by atoms with Crippen LogP contribution in [0.4, 0.5) is 13.2 Å².